The Hall–Kier alpha value is -0.790. The van der Waals surface area contributed by atoms with Crippen LogP contribution in [0.3, 0.4) is 0 Å². The molecule has 0 aromatic heterocycles. The van der Waals surface area contributed by atoms with E-state index in [9.17, 15) is 4.79 Å². The van der Waals surface area contributed by atoms with Crippen LogP contribution in [0.1, 0.15) is 6.92 Å². The second kappa shape index (κ2) is 3.56. The van der Waals surface area contributed by atoms with E-state index in [-0.39, 0.29) is 0 Å². The average Bonchev–Trinajstić information content (AvgIpc) is 2.35. The fourth-order valence-electron chi connectivity index (χ4n) is 0.905. The fraction of sp³-hybridized carbons (Fsp3) is 0.111. The third kappa shape index (κ3) is 2.37. The van der Waals surface area contributed by atoms with Gasteiger partial charge in [0, 0.05) is 12.0 Å². The Labute approximate surface area is 66.9 Å². The summed E-state index contributed by atoms with van der Waals surface area (Å²) < 4.78 is 0. The zero-order valence-electron chi connectivity index (χ0n) is 6.24. The molecule has 0 atom stereocenters. The topological polar surface area (TPSA) is 37.3 Å². The van der Waals surface area contributed by atoms with Crippen molar-refractivity contribution in [3.63, 3.8) is 0 Å². The van der Waals surface area contributed by atoms with Crippen LogP contribution in [-0.2, 0) is 4.79 Å². The van der Waals surface area contributed by atoms with Crippen molar-refractivity contribution in [2.75, 3.05) is 0 Å². The summed E-state index contributed by atoms with van der Waals surface area (Å²) in [4.78, 5) is 10.2. The van der Waals surface area contributed by atoms with E-state index < -0.39 is 5.97 Å². The largest absolute Gasteiger partial charge is 0.478 e. The first kappa shape index (κ1) is 8.31. The molecule has 1 aliphatic carbocycles. The lowest BCUT2D eigenvalue weighted by molar-refractivity contribution is -0.131. The van der Waals surface area contributed by atoms with Crippen LogP contribution in [0.2, 0.25) is 0 Å². The van der Waals surface area contributed by atoms with Crippen molar-refractivity contribution in [3.8, 4) is 0 Å². The maximum Gasteiger partial charge on any atom is 0.328 e. The molecule has 1 rings (SSSR count). The van der Waals surface area contributed by atoms with Crippen molar-refractivity contribution in [2.24, 2.45) is 0 Å². The summed E-state index contributed by atoms with van der Waals surface area (Å²) in [6, 6.07) is 0. The Kier molecular flexibility index (Phi) is 2.69. The molecule has 1 N–H and O–H groups in total. The van der Waals surface area contributed by atoms with Crippen molar-refractivity contribution in [1.29, 1.82) is 0 Å². The van der Waals surface area contributed by atoms with Crippen LogP contribution < -0.4 is 0 Å². The summed E-state index contributed by atoms with van der Waals surface area (Å²) in [6.07, 6.45) is 8.74. The number of allylic oxidation sites excluding steroid dienone is 1. The smallest absolute Gasteiger partial charge is 0.328 e. The molecule has 1 saturated carbocycles. The SMILES string of the molecule is C/C(=C\C(=O)O)[C]1[CH][CH][CH][CH]1. The van der Waals surface area contributed by atoms with Crippen LogP contribution in [0.4, 0.5) is 0 Å². The van der Waals surface area contributed by atoms with E-state index in [0.29, 0.717) is 0 Å². The summed E-state index contributed by atoms with van der Waals surface area (Å²) >= 11 is 0. The zero-order chi connectivity index (χ0) is 8.27. The molecule has 0 spiro atoms. The molecule has 0 aromatic rings. The molecule has 0 aliphatic heterocycles. The van der Waals surface area contributed by atoms with Crippen LogP contribution in [0.25, 0.3) is 0 Å². The molecule has 1 fully saturated rings. The lowest BCUT2D eigenvalue weighted by Crippen LogP contribution is -1.97. The highest BCUT2D eigenvalue weighted by molar-refractivity contribution is 5.81. The van der Waals surface area contributed by atoms with Crippen LogP contribution in [0.15, 0.2) is 11.6 Å². The lowest BCUT2D eigenvalue weighted by atomic mass is 9.99. The van der Waals surface area contributed by atoms with Gasteiger partial charge in [-0.25, -0.2) is 4.79 Å². The molecule has 0 heterocycles. The van der Waals surface area contributed by atoms with Gasteiger partial charge in [0.15, 0.2) is 0 Å². The van der Waals surface area contributed by atoms with Gasteiger partial charge in [0.1, 0.15) is 0 Å². The van der Waals surface area contributed by atoms with E-state index in [0.717, 1.165) is 11.5 Å². The van der Waals surface area contributed by atoms with Gasteiger partial charge in [0.2, 0.25) is 0 Å². The van der Waals surface area contributed by atoms with Crippen molar-refractivity contribution < 1.29 is 9.90 Å². The third-order valence-corrected chi connectivity index (χ3v) is 1.46. The van der Waals surface area contributed by atoms with E-state index in [4.69, 9.17) is 5.11 Å². The summed E-state index contributed by atoms with van der Waals surface area (Å²) in [5, 5.41) is 8.41. The second-order valence-corrected chi connectivity index (χ2v) is 2.34. The third-order valence-electron chi connectivity index (χ3n) is 1.46. The molecule has 0 bridgehead atoms. The number of hydrogen-bond acceptors (Lipinski definition) is 1. The molecule has 0 amide bonds. The normalized spacial score (nSPS) is 20.6. The van der Waals surface area contributed by atoms with Crippen LogP contribution in [0.5, 0.6) is 0 Å². The van der Waals surface area contributed by atoms with Crippen LogP contribution in [0, 0.1) is 31.6 Å². The summed E-state index contributed by atoms with van der Waals surface area (Å²) in [6.45, 7) is 1.78. The molecular weight excluding hydrogens is 140 g/mol. The Balaban J connectivity index is 2.51. The lowest BCUT2D eigenvalue weighted by Gasteiger charge is -2.05. The van der Waals surface area contributed by atoms with Gasteiger partial charge >= 0.3 is 5.97 Å². The van der Waals surface area contributed by atoms with Crippen LogP contribution in [-0.4, -0.2) is 11.1 Å². The Morgan fingerprint density at radius 1 is 1.45 bits per heavy atom. The molecule has 1 aliphatic rings. The van der Waals surface area contributed by atoms with Gasteiger partial charge in [0.25, 0.3) is 0 Å². The van der Waals surface area contributed by atoms with Crippen molar-refractivity contribution >= 4 is 5.97 Å². The molecule has 0 aromatic carbocycles. The van der Waals surface area contributed by atoms with Gasteiger partial charge in [-0.2, -0.15) is 0 Å². The van der Waals surface area contributed by atoms with E-state index >= 15 is 0 Å². The van der Waals surface area contributed by atoms with Gasteiger partial charge in [-0.1, -0.05) is 5.57 Å². The molecule has 5 radical (unpaired) electrons. The highest BCUT2D eigenvalue weighted by atomic mass is 16.4. The van der Waals surface area contributed by atoms with E-state index in [1.165, 1.54) is 6.08 Å². The zero-order valence-corrected chi connectivity index (χ0v) is 6.24. The van der Waals surface area contributed by atoms with Gasteiger partial charge in [0.05, 0.1) is 0 Å². The molecule has 0 saturated heterocycles. The number of carbonyl (C=O) groups is 1. The van der Waals surface area contributed by atoms with E-state index in [2.05, 4.69) is 0 Å². The van der Waals surface area contributed by atoms with Gasteiger partial charge in [-0.3, -0.25) is 0 Å². The number of hydrogen-bond donors (Lipinski definition) is 1. The molecule has 11 heavy (non-hydrogen) atoms. The summed E-state index contributed by atoms with van der Waals surface area (Å²) in [5.74, 6) is 0.0658. The quantitative estimate of drug-likeness (QED) is 0.603. The number of rotatable bonds is 2. The maximum atomic E-state index is 10.2. The van der Waals surface area contributed by atoms with Crippen LogP contribution >= 0.6 is 0 Å². The molecule has 2 nitrogen and oxygen atoms in total. The Morgan fingerprint density at radius 2 is 2.00 bits per heavy atom. The predicted molar refractivity (Wildman–Crippen MR) is 41.8 cm³/mol. The highest BCUT2D eigenvalue weighted by Gasteiger charge is 2.18. The molecule has 57 valence electrons. The first-order valence-electron chi connectivity index (χ1n) is 3.33. The van der Waals surface area contributed by atoms with Gasteiger partial charge in [-0.15, -0.1) is 0 Å². The minimum absolute atomic E-state index is 0.780. The molecular formula is C9H9O2. The average molecular weight is 149 g/mol. The maximum absolute atomic E-state index is 10.2. The van der Waals surface area contributed by atoms with Gasteiger partial charge in [-0.05, 0) is 32.6 Å². The van der Waals surface area contributed by atoms with Crippen molar-refractivity contribution in [1.82, 2.24) is 0 Å². The van der Waals surface area contributed by atoms with Gasteiger partial charge < -0.3 is 5.11 Å². The number of aliphatic carboxylic acids is 1. The van der Waals surface area contributed by atoms with E-state index in [1.54, 1.807) is 6.92 Å². The predicted octanol–water partition coefficient (Wildman–Crippen LogP) is 1.42. The molecule has 2 heteroatoms. The first-order chi connectivity index (χ1) is 5.20. The second-order valence-electron chi connectivity index (χ2n) is 2.34. The number of carboxylic acid groups (broad SMARTS) is 1. The standard InChI is InChI=1S/C9H9O2/c1-7(6-9(10)11)8-4-2-3-5-8/h2-6H,1H3,(H,10,11)/b7-6+. The number of carboxylic acids is 1. The Morgan fingerprint density at radius 3 is 2.45 bits per heavy atom. The monoisotopic (exact) mass is 149 g/mol. The summed E-state index contributed by atoms with van der Waals surface area (Å²) in [5.41, 5.74) is 0.780. The minimum Gasteiger partial charge on any atom is -0.478 e. The van der Waals surface area contributed by atoms with E-state index in [1.807, 2.05) is 25.7 Å². The van der Waals surface area contributed by atoms with Crippen molar-refractivity contribution in [3.05, 3.63) is 43.3 Å². The fourth-order valence-corrected chi connectivity index (χ4v) is 0.905. The first-order valence-corrected chi connectivity index (χ1v) is 3.33. The Bertz CT molecular complexity index is 176. The minimum atomic E-state index is -0.899. The highest BCUT2D eigenvalue weighted by Crippen LogP contribution is 2.29. The molecule has 0 unspecified atom stereocenters. The van der Waals surface area contributed by atoms with Crippen molar-refractivity contribution in [2.45, 2.75) is 6.92 Å². The summed E-state index contributed by atoms with van der Waals surface area (Å²) in [7, 11) is 0.